The van der Waals surface area contributed by atoms with Crippen LogP contribution in [-0.4, -0.2) is 44.3 Å². The highest BCUT2D eigenvalue weighted by Gasteiger charge is 2.22. The fourth-order valence-corrected chi connectivity index (χ4v) is 3.76. The van der Waals surface area contributed by atoms with Gasteiger partial charge in [-0.3, -0.25) is 4.90 Å². The lowest BCUT2D eigenvalue weighted by Gasteiger charge is -2.32. The highest BCUT2D eigenvalue weighted by atomic mass is 16.5. The third-order valence-electron chi connectivity index (χ3n) is 5.42. The second-order valence-electron chi connectivity index (χ2n) is 7.48. The summed E-state index contributed by atoms with van der Waals surface area (Å²) in [6.45, 7) is 4.88. The summed E-state index contributed by atoms with van der Waals surface area (Å²) in [7, 11) is 3.25. The van der Waals surface area contributed by atoms with E-state index in [2.05, 4.69) is 39.8 Å². The summed E-state index contributed by atoms with van der Waals surface area (Å²) < 4.78 is 10.7. The lowest BCUT2D eigenvalue weighted by molar-refractivity contribution is 0.186. The first-order valence-corrected chi connectivity index (χ1v) is 10.1. The van der Waals surface area contributed by atoms with Crippen LogP contribution in [0.3, 0.4) is 0 Å². The molecule has 0 radical (unpaired) electrons. The van der Waals surface area contributed by atoms with Crippen molar-refractivity contribution in [2.45, 2.75) is 38.4 Å². The molecule has 3 rings (SSSR count). The van der Waals surface area contributed by atoms with Crippen molar-refractivity contribution in [2.24, 2.45) is 0 Å². The molecule has 1 unspecified atom stereocenters. The largest absolute Gasteiger partial charge is 0.497 e. The first-order chi connectivity index (χ1) is 14.1. The zero-order valence-corrected chi connectivity index (χ0v) is 17.5. The van der Waals surface area contributed by atoms with Gasteiger partial charge in [-0.2, -0.15) is 0 Å². The van der Waals surface area contributed by atoms with E-state index < -0.39 is 0 Å². The van der Waals surface area contributed by atoms with Gasteiger partial charge in [0.2, 0.25) is 0 Å². The molecule has 1 aliphatic rings. The number of ether oxygens (including phenoxy) is 2. The average Bonchev–Trinajstić information content (AvgIpc) is 2.75. The number of urea groups is 1. The maximum absolute atomic E-state index is 12.5. The van der Waals surface area contributed by atoms with Gasteiger partial charge in [0.15, 0.2) is 0 Å². The predicted molar refractivity (Wildman–Crippen MR) is 114 cm³/mol. The maximum atomic E-state index is 12.5. The number of hydrogen-bond donors (Lipinski definition) is 2. The SMILES string of the molecule is COc1ccc(OC)c(C(C)NC(=O)NC2CCN(Cc3ccccc3)CC2)c1. The number of benzene rings is 2. The van der Waals surface area contributed by atoms with Crippen LogP contribution in [0.4, 0.5) is 4.79 Å². The minimum absolute atomic E-state index is 0.149. The number of nitrogens with zero attached hydrogens (tertiary/aromatic N) is 1. The zero-order valence-electron chi connectivity index (χ0n) is 17.5. The van der Waals surface area contributed by atoms with Gasteiger partial charge in [-0.05, 0) is 43.5 Å². The second kappa shape index (κ2) is 10.2. The predicted octanol–water partition coefficient (Wildman–Crippen LogP) is 3.73. The molecule has 0 aliphatic carbocycles. The lowest BCUT2D eigenvalue weighted by atomic mass is 10.0. The summed E-state index contributed by atoms with van der Waals surface area (Å²) >= 11 is 0. The molecule has 156 valence electrons. The standard InChI is InChI=1S/C23H31N3O3/c1-17(21-15-20(28-2)9-10-22(21)29-3)24-23(27)25-19-11-13-26(14-12-19)16-18-7-5-4-6-8-18/h4-10,15,17,19H,11-14,16H2,1-3H3,(H2,24,25,27). The molecule has 29 heavy (non-hydrogen) atoms. The molecule has 6 heteroatoms. The molecule has 1 heterocycles. The Morgan fingerprint density at radius 3 is 2.48 bits per heavy atom. The van der Waals surface area contributed by atoms with E-state index >= 15 is 0 Å². The Morgan fingerprint density at radius 1 is 1.10 bits per heavy atom. The summed E-state index contributed by atoms with van der Waals surface area (Å²) in [5.41, 5.74) is 2.22. The van der Waals surface area contributed by atoms with E-state index in [1.54, 1.807) is 14.2 Å². The first kappa shape index (κ1) is 21.0. The topological polar surface area (TPSA) is 62.8 Å². The number of hydrogen-bond acceptors (Lipinski definition) is 4. The van der Waals surface area contributed by atoms with Crippen molar-refractivity contribution in [1.29, 1.82) is 0 Å². The van der Waals surface area contributed by atoms with Crippen molar-refractivity contribution in [3.8, 4) is 11.5 Å². The Labute approximate surface area is 173 Å². The van der Waals surface area contributed by atoms with Crippen LogP contribution in [0.15, 0.2) is 48.5 Å². The quantitative estimate of drug-likeness (QED) is 0.747. The van der Waals surface area contributed by atoms with Gasteiger partial charge in [0.05, 0.1) is 20.3 Å². The minimum Gasteiger partial charge on any atom is -0.497 e. The van der Waals surface area contributed by atoms with Crippen molar-refractivity contribution >= 4 is 6.03 Å². The van der Waals surface area contributed by atoms with Crippen LogP contribution in [0.5, 0.6) is 11.5 Å². The number of carbonyl (C=O) groups is 1. The molecule has 0 aromatic heterocycles. The van der Waals surface area contributed by atoms with Gasteiger partial charge in [0, 0.05) is 31.2 Å². The third-order valence-corrected chi connectivity index (χ3v) is 5.42. The Hall–Kier alpha value is -2.73. The number of rotatable bonds is 7. The molecule has 2 amide bonds. The highest BCUT2D eigenvalue weighted by Crippen LogP contribution is 2.29. The first-order valence-electron chi connectivity index (χ1n) is 10.1. The van der Waals surface area contributed by atoms with Gasteiger partial charge >= 0.3 is 6.03 Å². The van der Waals surface area contributed by atoms with E-state index in [9.17, 15) is 4.79 Å². The molecule has 2 N–H and O–H groups in total. The van der Waals surface area contributed by atoms with Gasteiger partial charge in [0.1, 0.15) is 11.5 Å². The fourth-order valence-electron chi connectivity index (χ4n) is 3.76. The van der Waals surface area contributed by atoms with Gasteiger partial charge in [-0.15, -0.1) is 0 Å². The summed E-state index contributed by atoms with van der Waals surface area (Å²) in [6, 6.07) is 16.0. The molecule has 0 bridgehead atoms. The Balaban J connectivity index is 1.48. The molecule has 1 atom stereocenters. The molecule has 6 nitrogen and oxygen atoms in total. The van der Waals surface area contributed by atoms with E-state index in [4.69, 9.17) is 9.47 Å². The second-order valence-corrected chi connectivity index (χ2v) is 7.48. The number of carbonyl (C=O) groups excluding carboxylic acids is 1. The number of piperidine rings is 1. The summed E-state index contributed by atoms with van der Waals surface area (Å²) in [5.74, 6) is 1.47. The number of nitrogens with one attached hydrogen (secondary N) is 2. The van der Waals surface area contributed by atoms with Crippen LogP contribution in [0.1, 0.15) is 36.9 Å². The smallest absolute Gasteiger partial charge is 0.315 e. The monoisotopic (exact) mass is 397 g/mol. The molecular formula is C23H31N3O3. The fraction of sp³-hybridized carbons (Fsp3) is 0.435. The highest BCUT2D eigenvalue weighted by molar-refractivity contribution is 5.75. The minimum atomic E-state index is -0.196. The van der Waals surface area contributed by atoms with E-state index in [1.165, 1.54) is 5.56 Å². The van der Waals surface area contributed by atoms with E-state index in [-0.39, 0.29) is 18.1 Å². The van der Waals surface area contributed by atoms with Crippen LogP contribution in [0.2, 0.25) is 0 Å². The van der Waals surface area contributed by atoms with Crippen LogP contribution in [-0.2, 0) is 6.54 Å². The normalized spacial score (nSPS) is 16.1. The lowest BCUT2D eigenvalue weighted by Crippen LogP contribution is -2.48. The number of likely N-dealkylation sites (tertiary alicyclic amines) is 1. The zero-order chi connectivity index (χ0) is 20.6. The molecule has 2 aromatic carbocycles. The number of amides is 2. The Kier molecular flexibility index (Phi) is 7.36. The Bertz CT molecular complexity index is 789. The molecular weight excluding hydrogens is 366 g/mol. The summed E-state index contributed by atoms with van der Waals surface area (Å²) in [5, 5.41) is 6.14. The maximum Gasteiger partial charge on any atom is 0.315 e. The van der Waals surface area contributed by atoms with E-state index in [0.29, 0.717) is 0 Å². The van der Waals surface area contributed by atoms with Crippen LogP contribution >= 0.6 is 0 Å². The summed E-state index contributed by atoms with van der Waals surface area (Å²) in [6.07, 6.45) is 1.91. The van der Waals surface area contributed by atoms with Gasteiger partial charge < -0.3 is 20.1 Å². The van der Waals surface area contributed by atoms with Crippen molar-refractivity contribution in [2.75, 3.05) is 27.3 Å². The van der Waals surface area contributed by atoms with E-state index in [1.807, 2.05) is 31.2 Å². The van der Waals surface area contributed by atoms with Crippen molar-refractivity contribution in [3.63, 3.8) is 0 Å². The average molecular weight is 398 g/mol. The molecule has 0 saturated carbocycles. The van der Waals surface area contributed by atoms with Crippen LogP contribution in [0, 0.1) is 0 Å². The Morgan fingerprint density at radius 2 is 1.83 bits per heavy atom. The third kappa shape index (κ3) is 5.87. The molecule has 0 spiro atoms. The van der Waals surface area contributed by atoms with Crippen molar-refractivity contribution in [3.05, 3.63) is 59.7 Å². The molecule has 1 aliphatic heterocycles. The van der Waals surface area contributed by atoms with Gasteiger partial charge in [-0.1, -0.05) is 30.3 Å². The summed E-state index contributed by atoms with van der Waals surface area (Å²) in [4.78, 5) is 15.0. The van der Waals surface area contributed by atoms with E-state index in [0.717, 1.165) is 49.5 Å². The van der Waals surface area contributed by atoms with Crippen LogP contribution in [0.25, 0.3) is 0 Å². The molecule has 1 saturated heterocycles. The van der Waals surface area contributed by atoms with Gasteiger partial charge in [-0.25, -0.2) is 4.79 Å². The molecule has 2 aromatic rings. The molecule has 1 fully saturated rings. The number of methoxy groups -OCH3 is 2. The van der Waals surface area contributed by atoms with Crippen LogP contribution < -0.4 is 20.1 Å². The van der Waals surface area contributed by atoms with Crippen molar-refractivity contribution in [1.82, 2.24) is 15.5 Å². The van der Waals surface area contributed by atoms with Crippen molar-refractivity contribution < 1.29 is 14.3 Å². The van der Waals surface area contributed by atoms with Gasteiger partial charge in [0.25, 0.3) is 0 Å².